The van der Waals surface area contributed by atoms with Crippen molar-refractivity contribution in [2.45, 2.75) is 25.5 Å². The van der Waals surface area contributed by atoms with E-state index in [4.69, 9.17) is 14.2 Å². The van der Waals surface area contributed by atoms with Gasteiger partial charge in [-0.3, -0.25) is 4.79 Å². The van der Waals surface area contributed by atoms with Crippen molar-refractivity contribution in [3.05, 3.63) is 53.6 Å². The molecule has 1 atom stereocenters. The monoisotopic (exact) mass is 339 g/mol. The minimum atomic E-state index is -0.438. The van der Waals surface area contributed by atoms with E-state index in [2.05, 4.69) is 0 Å². The number of fused-ring (bicyclic) bond motifs is 2. The lowest BCUT2D eigenvalue weighted by Gasteiger charge is -2.29. The van der Waals surface area contributed by atoms with Gasteiger partial charge in [-0.05, 0) is 24.1 Å². The average molecular weight is 339 g/mol. The van der Waals surface area contributed by atoms with Crippen LogP contribution in [0.4, 0.5) is 0 Å². The second-order valence-corrected chi connectivity index (χ2v) is 6.33. The normalized spacial score (nSPS) is 18.9. The summed E-state index contributed by atoms with van der Waals surface area (Å²) in [4.78, 5) is 14.9. The number of carbonyl (C=O) groups is 1. The molecule has 2 aliphatic heterocycles. The number of hydrogen-bond acceptors (Lipinski definition) is 4. The molecule has 25 heavy (non-hydrogen) atoms. The van der Waals surface area contributed by atoms with Crippen LogP contribution in [0, 0.1) is 0 Å². The van der Waals surface area contributed by atoms with Gasteiger partial charge in [0.1, 0.15) is 5.75 Å². The van der Waals surface area contributed by atoms with Crippen LogP contribution >= 0.6 is 0 Å². The zero-order chi connectivity index (χ0) is 17.2. The molecule has 0 unspecified atom stereocenters. The van der Waals surface area contributed by atoms with Crippen LogP contribution < -0.4 is 14.2 Å². The molecule has 5 heteroatoms. The fraction of sp³-hybridized carbons (Fsp3) is 0.350. The van der Waals surface area contributed by atoms with E-state index >= 15 is 0 Å². The molecule has 0 N–H and O–H groups in total. The summed E-state index contributed by atoms with van der Waals surface area (Å²) < 4.78 is 17.1. The molecular formula is C20H21NO4. The SMILES string of the molecule is COc1cccc2c1OCCCN(C(=O)[C@H]1Cc3ccccc3O1)C2. The van der Waals surface area contributed by atoms with E-state index in [0.29, 0.717) is 31.9 Å². The highest BCUT2D eigenvalue weighted by Crippen LogP contribution is 2.34. The maximum Gasteiger partial charge on any atom is 0.264 e. The summed E-state index contributed by atoms with van der Waals surface area (Å²) in [6.07, 6.45) is 0.974. The molecule has 2 heterocycles. The molecule has 4 rings (SSSR count). The Morgan fingerprint density at radius 3 is 2.84 bits per heavy atom. The van der Waals surface area contributed by atoms with E-state index in [9.17, 15) is 4.79 Å². The number of rotatable bonds is 2. The molecule has 0 saturated carbocycles. The van der Waals surface area contributed by atoms with Crippen molar-refractivity contribution in [2.75, 3.05) is 20.3 Å². The summed E-state index contributed by atoms with van der Waals surface area (Å²) in [6.45, 7) is 1.72. The predicted molar refractivity (Wildman–Crippen MR) is 93.1 cm³/mol. The van der Waals surface area contributed by atoms with Crippen LogP contribution in [0.5, 0.6) is 17.2 Å². The van der Waals surface area contributed by atoms with E-state index in [-0.39, 0.29) is 5.91 Å². The Labute approximate surface area is 147 Å². The standard InChI is InChI=1S/C20H21NO4/c1-23-17-9-4-7-15-13-21(10-5-11-24-19(15)17)20(22)18-12-14-6-2-3-8-16(14)25-18/h2-4,6-9,18H,5,10-13H2,1H3/t18-/m1/s1. The third-order valence-electron chi connectivity index (χ3n) is 4.69. The summed E-state index contributed by atoms with van der Waals surface area (Å²) in [6, 6.07) is 13.6. The summed E-state index contributed by atoms with van der Waals surface area (Å²) in [5, 5.41) is 0. The van der Waals surface area contributed by atoms with Crippen molar-refractivity contribution in [2.24, 2.45) is 0 Å². The molecule has 2 aliphatic rings. The number of hydrogen-bond donors (Lipinski definition) is 0. The van der Waals surface area contributed by atoms with Crippen LogP contribution in [-0.4, -0.2) is 37.2 Å². The molecule has 0 fully saturated rings. The Kier molecular flexibility index (Phi) is 4.22. The summed E-state index contributed by atoms with van der Waals surface area (Å²) in [7, 11) is 1.63. The van der Waals surface area contributed by atoms with E-state index < -0.39 is 6.10 Å². The maximum atomic E-state index is 13.0. The fourth-order valence-corrected chi connectivity index (χ4v) is 3.44. The van der Waals surface area contributed by atoms with Gasteiger partial charge in [0, 0.05) is 25.1 Å². The summed E-state index contributed by atoms with van der Waals surface area (Å²) >= 11 is 0. The molecule has 0 saturated heterocycles. The van der Waals surface area contributed by atoms with Crippen molar-refractivity contribution in [3.8, 4) is 17.2 Å². The highest BCUT2D eigenvalue weighted by molar-refractivity contribution is 5.82. The van der Waals surface area contributed by atoms with E-state index in [0.717, 1.165) is 29.0 Å². The van der Waals surface area contributed by atoms with Crippen molar-refractivity contribution in [1.82, 2.24) is 4.90 Å². The lowest BCUT2D eigenvalue weighted by Crippen LogP contribution is -2.42. The highest BCUT2D eigenvalue weighted by Gasteiger charge is 2.33. The summed E-state index contributed by atoms with van der Waals surface area (Å²) in [5.74, 6) is 2.29. The van der Waals surface area contributed by atoms with E-state index in [1.165, 1.54) is 0 Å². The lowest BCUT2D eigenvalue weighted by molar-refractivity contribution is -0.138. The number of ether oxygens (including phenoxy) is 3. The minimum absolute atomic E-state index is 0.0341. The van der Waals surface area contributed by atoms with Gasteiger partial charge in [-0.1, -0.05) is 30.3 Å². The van der Waals surface area contributed by atoms with Gasteiger partial charge in [-0.15, -0.1) is 0 Å². The first-order valence-corrected chi connectivity index (χ1v) is 8.58. The molecule has 5 nitrogen and oxygen atoms in total. The van der Waals surface area contributed by atoms with Gasteiger partial charge >= 0.3 is 0 Å². The molecule has 0 radical (unpaired) electrons. The largest absolute Gasteiger partial charge is 0.493 e. The average Bonchev–Trinajstić information content (AvgIpc) is 3.05. The number of benzene rings is 2. The zero-order valence-electron chi connectivity index (χ0n) is 14.2. The van der Waals surface area contributed by atoms with Gasteiger partial charge in [0.05, 0.1) is 13.7 Å². The molecule has 0 aliphatic carbocycles. The number of methoxy groups -OCH3 is 1. The molecule has 130 valence electrons. The van der Waals surface area contributed by atoms with Gasteiger partial charge in [0.25, 0.3) is 5.91 Å². The topological polar surface area (TPSA) is 48.0 Å². The smallest absolute Gasteiger partial charge is 0.264 e. The van der Waals surface area contributed by atoms with Gasteiger partial charge < -0.3 is 19.1 Å². The molecule has 0 bridgehead atoms. The second kappa shape index (κ2) is 6.67. The Morgan fingerprint density at radius 2 is 2.00 bits per heavy atom. The Morgan fingerprint density at radius 1 is 1.16 bits per heavy atom. The van der Waals surface area contributed by atoms with Crippen LogP contribution in [0.1, 0.15) is 17.5 Å². The first-order valence-electron chi connectivity index (χ1n) is 8.58. The predicted octanol–water partition coefficient (Wildman–Crippen LogP) is 2.81. The lowest BCUT2D eigenvalue weighted by atomic mass is 10.1. The van der Waals surface area contributed by atoms with Crippen LogP contribution in [0.15, 0.2) is 42.5 Å². The van der Waals surface area contributed by atoms with Gasteiger partial charge in [0.2, 0.25) is 0 Å². The van der Waals surface area contributed by atoms with Crippen molar-refractivity contribution in [1.29, 1.82) is 0 Å². The fourth-order valence-electron chi connectivity index (χ4n) is 3.44. The number of carbonyl (C=O) groups excluding carboxylic acids is 1. The molecular weight excluding hydrogens is 318 g/mol. The molecule has 2 aromatic rings. The third-order valence-corrected chi connectivity index (χ3v) is 4.69. The molecule has 0 aromatic heterocycles. The van der Waals surface area contributed by atoms with Crippen LogP contribution in [-0.2, 0) is 17.8 Å². The van der Waals surface area contributed by atoms with Gasteiger partial charge in [-0.2, -0.15) is 0 Å². The van der Waals surface area contributed by atoms with Crippen LogP contribution in [0.25, 0.3) is 0 Å². The number of amides is 1. The Hall–Kier alpha value is -2.69. The van der Waals surface area contributed by atoms with E-state index in [1.54, 1.807) is 7.11 Å². The summed E-state index contributed by atoms with van der Waals surface area (Å²) in [5.41, 5.74) is 2.06. The quantitative estimate of drug-likeness (QED) is 0.844. The van der Waals surface area contributed by atoms with Crippen molar-refractivity contribution < 1.29 is 19.0 Å². The van der Waals surface area contributed by atoms with Crippen LogP contribution in [0.2, 0.25) is 0 Å². The van der Waals surface area contributed by atoms with Crippen LogP contribution in [0.3, 0.4) is 0 Å². The second-order valence-electron chi connectivity index (χ2n) is 6.33. The zero-order valence-corrected chi connectivity index (χ0v) is 14.2. The van der Waals surface area contributed by atoms with Crippen molar-refractivity contribution >= 4 is 5.91 Å². The Bertz CT molecular complexity index is 764. The number of nitrogens with zero attached hydrogens (tertiary/aromatic N) is 1. The Balaban J connectivity index is 1.55. The van der Waals surface area contributed by atoms with Crippen molar-refractivity contribution in [3.63, 3.8) is 0 Å². The van der Waals surface area contributed by atoms with Gasteiger partial charge in [0.15, 0.2) is 17.6 Å². The first kappa shape index (κ1) is 15.8. The first-order chi connectivity index (χ1) is 12.3. The maximum absolute atomic E-state index is 13.0. The van der Waals surface area contributed by atoms with Gasteiger partial charge in [-0.25, -0.2) is 0 Å². The highest BCUT2D eigenvalue weighted by atomic mass is 16.5. The molecule has 0 spiro atoms. The van der Waals surface area contributed by atoms with E-state index in [1.807, 2.05) is 47.4 Å². The molecule has 1 amide bonds. The minimum Gasteiger partial charge on any atom is -0.493 e. The number of para-hydroxylation sites is 2. The third kappa shape index (κ3) is 3.02. The molecule has 2 aromatic carbocycles.